The van der Waals surface area contributed by atoms with E-state index in [1.807, 2.05) is 66.6 Å². The SMILES string of the molecule is CN.Cc1c(NC(=O)/C=C/CN(C)C)cccc1-c1ccc(C=O)c2[nH]c(C3=CCN(S(C)=O)CC3)cc12. The number of hydrogen-bond acceptors (Lipinski definition) is 5. The van der Waals surface area contributed by atoms with E-state index in [-0.39, 0.29) is 5.91 Å². The van der Waals surface area contributed by atoms with E-state index in [0.717, 1.165) is 63.8 Å². The minimum Gasteiger partial charge on any atom is -0.354 e. The van der Waals surface area contributed by atoms with Crippen LogP contribution >= 0.6 is 0 Å². The number of likely N-dealkylation sites (N-methyl/N-ethyl adjacent to an activating group) is 1. The topological polar surface area (TPSA) is 112 Å². The summed E-state index contributed by atoms with van der Waals surface area (Å²) in [5.41, 5.74) is 11.7. The summed E-state index contributed by atoms with van der Waals surface area (Å²) in [5, 5.41) is 3.94. The Bertz CT molecular complexity index is 1390. The van der Waals surface area contributed by atoms with Crippen LogP contribution in [0, 0.1) is 6.92 Å². The lowest BCUT2D eigenvalue weighted by Gasteiger charge is -2.23. The van der Waals surface area contributed by atoms with Crippen LogP contribution in [0.3, 0.4) is 0 Å². The summed E-state index contributed by atoms with van der Waals surface area (Å²) in [6.07, 6.45) is 8.82. The normalized spacial score (nSPS) is 14.8. The lowest BCUT2D eigenvalue weighted by Crippen LogP contribution is -2.29. The van der Waals surface area contributed by atoms with Gasteiger partial charge in [-0.05, 0) is 75.0 Å². The first-order valence-electron chi connectivity index (χ1n) is 12.5. The third-order valence-electron chi connectivity index (χ3n) is 6.46. The van der Waals surface area contributed by atoms with Gasteiger partial charge in [0.2, 0.25) is 5.91 Å². The van der Waals surface area contributed by atoms with Gasteiger partial charge in [-0.3, -0.25) is 9.59 Å². The molecule has 0 bridgehead atoms. The molecule has 1 unspecified atom stereocenters. The quantitative estimate of drug-likeness (QED) is 0.299. The zero-order chi connectivity index (χ0) is 27.8. The lowest BCUT2D eigenvalue weighted by molar-refractivity contribution is -0.111. The highest BCUT2D eigenvalue weighted by Gasteiger charge is 2.19. The summed E-state index contributed by atoms with van der Waals surface area (Å²) in [6.45, 7) is 4.03. The molecule has 0 radical (unpaired) electrons. The second-order valence-electron chi connectivity index (χ2n) is 9.22. The van der Waals surface area contributed by atoms with E-state index in [1.54, 1.807) is 12.3 Å². The van der Waals surface area contributed by atoms with Crippen LogP contribution in [0.2, 0.25) is 0 Å². The number of benzene rings is 2. The molecule has 1 amide bonds. The molecule has 2 aromatic carbocycles. The van der Waals surface area contributed by atoms with Crippen LogP contribution in [-0.2, 0) is 15.8 Å². The van der Waals surface area contributed by atoms with Gasteiger partial charge in [0, 0.05) is 54.3 Å². The summed E-state index contributed by atoms with van der Waals surface area (Å²) in [4.78, 5) is 29.7. The Labute approximate surface area is 227 Å². The number of rotatable bonds is 8. The Morgan fingerprint density at radius 3 is 2.61 bits per heavy atom. The number of nitrogens with zero attached hydrogens (tertiary/aromatic N) is 2. The summed E-state index contributed by atoms with van der Waals surface area (Å²) in [7, 11) is 4.41. The summed E-state index contributed by atoms with van der Waals surface area (Å²) < 4.78 is 13.7. The molecule has 0 spiro atoms. The van der Waals surface area contributed by atoms with Crippen LogP contribution in [0.15, 0.2) is 54.6 Å². The molecule has 202 valence electrons. The Morgan fingerprint density at radius 2 is 1.97 bits per heavy atom. The Morgan fingerprint density at radius 1 is 1.21 bits per heavy atom. The van der Waals surface area contributed by atoms with Crippen LogP contribution in [-0.4, -0.2) is 77.6 Å². The first-order chi connectivity index (χ1) is 18.3. The van der Waals surface area contributed by atoms with Crippen molar-refractivity contribution in [1.82, 2.24) is 14.2 Å². The van der Waals surface area contributed by atoms with Gasteiger partial charge in [-0.1, -0.05) is 30.4 Å². The highest BCUT2D eigenvalue weighted by atomic mass is 32.2. The van der Waals surface area contributed by atoms with Gasteiger partial charge >= 0.3 is 0 Å². The first-order valence-corrected chi connectivity index (χ1v) is 14.0. The number of carbonyl (C=O) groups is 2. The zero-order valence-corrected chi connectivity index (χ0v) is 23.5. The molecule has 4 rings (SSSR count). The molecule has 4 N–H and O–H groups in total. The fourth-order valence-electron chi connectivity index (χ4n) is 4.48. The molecule has 0 saturated carbocycles. The van der Waals surface area contributed by atoms with E-state index >= 15 is 0 Å². The number of aromatic nitrogens is 1. The molecule has 1 aromatic heterocycles. The number of aromatic amines is 1. The third kappa shape index (κ3) is 6.73. The van der Waals surface area contributed by atoms with E-state index in [1.165, 1.54) is 7.05 Å². The molecule has 1 aliphatic rings. The van der Waals surface area contributed by atoms with Crippen molar-refractivity contribution in [3.63, 3.8) is 0 Å². The molecule has 8 nitrogen and oxygen atoms in total. The van der Waals surface area contributed by atoms with Crippen molar-refractivity contribution in [3.8, 4) is 11.1 Å². The molecule has 3 aromatic rings. The molecule has 1 aliphatic heterocycles. The number of nitrogens with two attached hydrogens (primary N) is 1. The van der Waals surface area contributed by atoms with Crippen LogP contribution in [0.5, 0.6) is 0 Å². The minimum atomic E-state index is -0.990. The van der Waals surface area contributed by atoms with Crippen LogP contribution in [0.1, 0.15) is 28.0 Å². The second-order valence-corrected chi connectivity index (χ2v) is 10.6. The van der Waals surface area contributed by atoms with Gasteiger partial charge in [-0.25, -0.2) is 8.51 Å². The van der Waals surface area contributed by atoms with Gasteiger partial charge in [0.1, 0.15) is 0 Å². The Kier molecular flexibility index (Phi) is 10.3. The average Bonchev–Trinajstić information content (AvgIpc) is 3.36. The van der Waals surface area contributed by atoms with Gasteiger partial charge in [0.15, 0.2) is 6.29 Å². The molecule has 1 atom stereocenters. The summed E-state index contributed by atoms with van der Waals surface area (Å²) in [5.74, 6) is -0.172. The zero-order valence-electron chi connectivity index (χ0n) is 22.7. The van der Waals surface area contributed by atoms with Gasteiger partial charge < -0.3 is 20.9 Å². The number of H-pyrrole nitrogens is 1. The number of nitrogens with one attached hydrogen (secondary N) is 2. The fourth-order valence-corrected chi connectivity index (χ4v) is 5.12. The standard InChI is InChI=1S/C28H32N4O3S.CH5N/c1-19-22(7-5-8-25(19)29-27(34)9-6-14-31(2)3)23-11-10-21(18-33)28-24(23)17-26(30-28)20-12-15-32(16-13-20)36(4)35;1-2/h5-12,17-18,30H,13-16H2,1-4H3,(H,29,34);2H2,1H3/b9-6+;. The van der Waals surface area contributed by atoms with Crippen molar-refractivity contribution in [3.05, 3.63) is 71.4 Å². The number of fused-ring (bicyclic) bond motifs is 1. The van der Waals surface area contributed by atoms with Crippen molar-refractivity contribution < 1.29 is 13.8 Å². The van der Waals surface area contributed by atoms with Crippen LogP contribution in [0.4, 0.5) is 5.69 Å². The molecule has 0 saturated heterocycles. The largest absolute Gasteiger partial charge is 0.354 e. The lowest BCUT2D eigenvalue weighted by atomic mass is 9.94. The van der Waals surface area contributed by atoms with E-state index < -0.39 is 11.0 Å². The maximum Gasteiger partial charge on any atom is 0.248 e. The van der Waals surface area contributed by atoms with E-state index in [2.05, 4.69) is 28.2 Å². The third-order valence-corrected chi connectivity index (χ3v) is 7.51. The van der Waals surface area contributed by atoms with Crippen molar-refractivity contribution in [2.24, 2.45) is 5.73 Å². The van der Waals surface area contributed by atoms with Crippen molar-refractivity contribution in [2.75, 3.05) is 52.3 Å². The summed E-state index contributed by atoms with van der Waals surface area (Å²) >= 11 is 0. The number of carbonyl (C=O) groups excluding carboxylic acids is 2. The number of amides is 1. The molecule has 38 heavy (non-hydrogen) atoms. The maximum absolute atomic E-state index is 12.4. The van der Waals surface area contributed by atoms with E-state index in [9.17, 15) is 13.8 Å². The highest BCUT2D eigenvalue weighted by molar-refractivity contribution is 7.81. The number of anilines is 1. The molecule has 2 heterocycles. The Balaban J connectivity index is 0.00000195. The maximum atomic E-state index is 12.4. The first kappa shape index (κ1) is 29.2. The van der Waals surface area contributed by atoms with Gasteiger partial charge in [-0.2, -0.15) is 0 Å². The molecule has 0 aliphatic carbocycles. The number of hydrogen-bond donors (Lipinski definition) is 3. The Hall–Kier alpha value is -3.37. The van der Waals surface area contributed by atoms with Gasteiger partial charge in [-0.15, -0.1) is 0 Å². The van der Waals surface area contributed by atoms with Gasteiger partial charge in [0.05, 0.1) is 16.5 Å². The van der Waals surface area contributed by atoms with Crippen molar-refractivity contribution >= 4 is 45.3 Å². The smallest absolute Gasteiger partial charge is 0.248 e. The van der Waals surface area contributed by atoms with Crippen LogP contribution in [0.25, 0.3) is 27.6 Å². The highest BCUT2D eigenvalue weighted by Crippen LogP contribution is 2.37. The monoisotopic (exact) mass is 535 g/mol. The van der Waals surface area contributed by atoms with E-state index in [0.29, 0.717) is 18.7 Å². The summed E-state index contributed by atoms with van der Waals surface area (Å²) in [6, 6.07) is 11.7. The van der Waals surface area contributed by atoms with Crippen LogP contribution < -0.4 is 11.1 Å². The number of aldehydes is 1. The molecular weight excluding hydrogens is 498 g/mol. The minimum absolute atomic E-state index is 0.172. The van der Waals surface area contributed by atoms with Crippen molar-refractivity contribution in [2.45, 2.75) is 13.3 Å². The second kappa shape index (κ2) is 13.4. The molecule has 9 heteroatoms. The van der Waals surface area contributed by atoms with E-state index in [4.69, 9.17) is 0 Å². The average molecular weight is 536 g/mol. The van der Waals surface area contributed by atoms with Gasteiger partial charge in [0.25, 0.3) is 0 Å². The molecular formula is C29H37N5O3S. The van der Waals surface area contributed by atoms with Crippen molar-refractivity contribution in [1.29, 1.82) is 0 Å². The predicted molar refractivity (Wildman–Crippen MR) is 159 cm³/mol. The predicted octanol–water partition coefficient (Wildman–Crippen LogP) is 3.97. The fraction of sp³-hybridized carbons (Fsp3) is 0.310. The molecule has 0 fully saturated rings.